The molecule has 0 fully saturated rings. The van der Waals surface area contributed by atoms with Gasteiger partial charge in [-0.25, -0.2) is 0 Å². The van der Waals surface area contributed by atoms with Crippen molar-refractivity contribution in [2.24, 2.45) is 0 Å². The molecule has 1 aromatic rings. The van der Waals surface area contributed by atoms with Gasteiger partial charge in [-0.1, -0.05) is 24.3 Å². The van der Waals surface area contributed by atoms with Crippen molar-refractivity contribution in [2.45, 2.75) is 18.7 Å². The van der Waals surface area contributed by atoms with Crippen LogP contribution < -0.4 is 10.6 Å². The number of aliphatic hydroxyl groups is 1. The van der Waals surface area contributed by atoms with E-state index in [1.165, 1.54) is 11.1 Å². The lowest BCUT2D eigenvalue weighted by Crippen LogP contribution is -2.34. The Bertz CT molecular complexity index is 314. The van der Waals surface area contributed by atoms with Crippen LogP contribution in [-0.4, -0.2) is 24.8 Å². The molecule has 1 heterocycles. The molecule has 0 aliphatic carbocycles. The van der Waals surface area contributed by atoms with Gasteiger partial charge < -0.3 is 15.7 Å². The molecule has 2 unspecified atom stereocenters. The Labute approximate surface area is 84.1 Å². The number of benzene rings is 1. The molecule has 1 aromatic carbocycles. The van der Waals surface area contributed by atoms with Crippen molar-refractivity contribution in [1.82, 2.24) is 10.6 Å². The Hall–Kier alpha value is -0.900. The molecule has 0 amide bonds. The lowest BCUT2D eigenvalue weighted by Gasteiger charge is -2.19. The molecule has 2 rings (SSSR count). The minimum atomic E-state index is -0.358. The number of rotatable bonds is 3. The van der Waals surface area contributed by atoms with E-state index in [2.05, 4.69) is 22.8 Å². The first-order valence-electron chi connectivity index (χ1n) is 4.97. The second-order valence-corrected chi connectivity index (χ2v) is 3.68. The summed E-state index contributed by atoms with van der Waals surface area (Å²) in [7, 11) is 1.85. The summed E-state index contributed by atoms with van der Waals surface area (Å²) < 4.78 is 0. The zero-order valence-electron chi connectivity index (χ0n) is 8.33. The molecule has 0 aromatic heterocycles. The van der Waals surface area contributed by atoms with Gasteiger partial charge >= 0.3 is 0 Å². The highest BCUT2D eigenvalue weighted by Gasteiger charge is 2.26. The Morgan fingerprint density at radius 1 is 1.57 bits per heavy atom. The van der Waals surface area contributed by atoms with Crippen molar-refractivity contribution in [3.63, 3.8) is 0 Å². The molecule has 0 spiro atoms. The first-order chi connectivity index (χ1) is 6.83. The normalized spacial score (nSPS) is 22.0. The molecule has 1 aliphatic rings. The summed E-state index contributed by atoms with van der Waals surface area (Å²) in [5.41, 5.74) is 2.53. The molecule has 3 heteroatoms. The van der Waals surface area contributed by atoms with Crippen molar-refractivity contribution in [3.8, 4) is 0 Å². The van der Waals surface area contributed by atoms with Crippen LogP contribution in [0.2, 0.25) is 0 Å². The van der Waals surface area contributed by atoms with Crippen LogP contribution in [0.4, 0.5) is 0 Å². The molecule has 76 valence electrons. The van der Waals surface area contributed by atoms with Crippen LogP contribution in [-0.2, 0) is 6.54 Å². The molecule has 3 nitrogen and oxygen atoms in total. The molecule has 1 aliphatic heterocycles. The van der Waals surface area contributed by atoms with E-state index in [9.17, 15) is 5.11 Å². The quantitative estimate of drug-likeness (QED) is 0.650. The molecule has 3 N–H and O–H groups in total. The summed E-state index contributed by atoms with van der Waals surface area (Å²) in [4.78, 5) is 0. The van der Waals surface area contributed by atoms with Crippen LogP contribution in [0.3, 0.4) is 0 Å². The number of fused-ring (bicyclic) bond motifs is 1. The maximum Gasteiger partial charge on any atom is 0.0859 e. The second kappa shape index (κ2) is 4.09. The Kier molecular flexibility index (Phi) is 2.82. The molecular formula is C11H16N2O. The van der Waals surface area contributed by atoms with E-state index in [1.54, 1.807) is 0 Å². The van der Waals surface area contributed by atoms with Gasteiger partial charge in [0.15, 0.2) is 0 Å². The van der Waals surface area contributed by atoms with Gasteiger partial charge in [0.2, 0.25) is 0 Å². The largest absolute Gasteiger partial charge is 0.390 e. The van der Waals surface area contributed by atoms with Crippen LogP contribution >= 0.6 is 0 Å². The Balaban J connectivity index is 2.17. The van der Waals surface area contributed by atoms with Crippen molar-refractivity contribution >= 4 is 0 Å². The van der Waals surface area contributed by atoms with Crippen LogP contribution in [0.25, 0.3) is 0 Å². The van der Waals surface area contributed by atoms with Gasteiger partial charge in [-0.3, -0.25) is 0 Å². The van der Waals surface area contributed by atoms with Gasteiger partial charge in [-0.2, -0.15) is 0 Å². The van der Waals surface area contributed by atoms with Crippen molar-refractivity contribution in [2.75, 3.05) is 13.6 Å². The fraction of sp³-hybridized carbons (Fsp3) is 0.455. The zero-order valence-corrected chi connectivity index (χ0v) is 8.33. The second-order valence-electron chi connectivity index (χ2n) is 3.68. The molecule has 0 saturated heterocycles. The number of hydrogen-bond acceptors (Lipinski definition) is 3. The lowest BCUT2D eigenvalue weighted by atomic mass is 10.0. The third-order valence-corrected chi connectivity index (χ3v) is 2.70. The SMILES string of the molecule is CNCC(O)C1NCc2ccccc21. The summed E-state index contributed by atoms with van der Waals surface area (Å²) >= 11 is 0. The average Bonchev–Trinajstić information content (AvgIpc) is 2.61. The van der Waals surface area contributed by atoms with E-state index < -0.39 is 0 Å². The van der Waals surface area contributed by atoms with Gasteiger partial charge in [0.05, 0.1) is 12.1 Å². The highest BCUT2D eigenvalue weighted by Crippen LogP contribution is 2.27. The summed E-state index contributed by atoms with van der Waals surface area (Å²) in [6.07, 6.45) is -0.358. The molecule has 0 bridgehead atoms. The molecule has 0 radical (unpaired) electrons. The highest BCUT2D eigenvalue weighted by atomic mass is 16.3. The van der Waals surface area contributed by atoms with Crippen molar-refractivity contribution < 1.29 is 5.11 Å². The van der Waals surface area contributed by atoms with Crippen molar-refractivity contribution in [1.29, 1.82) is 0 Å². The van der Waals surface area contributed by atoms with Gasteiger partial charge in [-0.05, 0) is 18.2 Å². The first-order valence-corrected chi connectivity index (χ1v) is 4.97. The third-order valence-electron chi connectivity index (χ3n) is 2.70. The molecular weight excluding hydrogens is 176 g/mol. The summed E-state index contributed by atoms with van der Waals surface area (Å²) in [6.45, 7) is 1.48. The molecule has 14 heavy (non-hydrogen) atoms. The minimum Gasteiger partial charge on any atom is -0.390 e. The molecule has 2 atom stereocenters. The smallest absolute Gasteiger partial charge is 0.0859 e. The van der Waals surface area contributed by atoms with E-state index in [-0.39, 0.29) is 12.1 Å². The Morgan fingerprint density at radius 2 is 2.36 bits per heavy atom. The maximum absolute atomic E-state index is 9.87. The monoisotopic (exact) mass is 192 g/mol. The van der Waals surface area contributed by atoms with E-state index >= 15 is 0 Å². The number of aliphatic hydroxyl groups excluding tert-OH is 1. The van der Waals surface area contributed by atoms with Crippen LogP contribution in [0.15, 0.2) is 24.3 Å². The topological polar surface area (TPSA) is 44.3 Å². The maximum atomic E-state index is 9.87. The zero-order chi connectivity index (χ0) is 9.97. The van der Waals surface area contributed by atoms with E-state index in [4.69, 9.17) is 0 Å². The van der Waals surface area contributed by atoms with Crippen LogP contribution in [0.5, 0.6) is 0 Å². The van der Waals surface area contributed by atoms with E-state index in [1.807, 2.05) is 19.2 Å². The first kappa shape index (κ1) is 9.65. The van der Waals surface area contributed by atoms with Gasteiger partial charge in [0, 0.05) is 13.1 Å². The summed E-state index contributed by atoms with van der Waals surface area (Å²) in [5.74, 6) is 0. The third kappa shape index (κ3) is 1.66. The van der Waals surface area contributed by atoms with E-state index in [0.717, 1.165) is 6.54 Å². The highest BCUT2D eigenvalue weighted by molar-refractivity contribution is 5.34. The summed E-state index contributed by atoms with van der Waals surface area (Å²) in [6, 6.07) is 8.32. The van der Waals surface area contributed by atoms with Gasteiger partial charge in [-0.15, -0.1) is 0 Å². The predicted molar refractivity (Wildman–Crippen MR) is 56.0 cm³/mol. The minimum absolute atomic E-state index is 0.0821. The van der Waals surface area contributed by atoms with Crippen molar-refractivity contribution in [3.05, 3.63) is 35.4 Å². The standard InChI is InChI=1S/C11H16N2O/c1-12-7-10(14)11-9-5-3-2-4-8(9)6-13-11/h2-5,10-14H,6-7H2,1H3. The van der Waals surface area contributed by atoms with Crippen LogP contribution in [0.1, 0.15) is 17.2 Å². The number of hydrogen-bond donors (Lipinski definition) is 3. The molecule has 0 saturated carbocycles. The lowest BCUT2D eigenvalue weighted by molar-refractivity contribution is 0.132. The average molecular weight is 192 g/mol. The fourth-order valence-corrected chi connectivity index (χ4v) is 2.00. The van der Waals surface area contributed by atoms with E-state index in [0.29, 0.717) is 6.54 Å². The van der Waals surface area contributed by atoms with Crippen LogP contribution in [0, 0.1) is 0 Å². The van der Waals surface area contributed by atoms with Gasteiger partial charge in [0.25, 0.3) is 0 Å². The van der Waals surface area contributed by atoms with Gasteiger partial charge in [0.1, 0.15) is 0 Å². The summed E-state index contributed by atoms with van der Waals surface area (Å²) in [5, 5.41) is 16.2. The predicted octanol–water partition coefficient (Wildman–Crippen LogP) is 0.411. The number of likely N-dealkylation sites (N-methyl/N-ethyl adjacent to an activating group) is 1. The fourth-order valence-electron chi connectivity index (χ4n) is 2.00. The number of nitrogens with one attached hydrogen (secondary N) is 2. The Morgan fingerprint density at radius 3 is 3.14 bits per heavy atom.